The summed E-state index contributed by atoms with van der Waals surface area (Å²) < 4.78 is 5.45. The number of hydrogen-bond donors (Lipinski definition) is 0. The third-order valence-electron chi connectivity index (χ3n) is 5.30. The Morgan fingerprint density at radius 2 is 1.56 bits per heavy atom. The van der Waals surface area contributed by atoms with E-state index in [2.05, 4.69) is 72.2 Å². The van der Waals surface area contributed by atoms with E-state index in [0.717, 1.165) is 13.1 Å². The summed E-state index contributed by atoms with van der Waals surface area (Å²) in [6.45, 7) is 9.13. The van der Waals surface area contributed by atoms with Gasteiger partial charge in [0.2, 0.25) is 0 Å². The van der Waals surface area contributed by atoms with Crippen LogP contribution in [0.3, 0.4) is 0 Å². The van der Waals surface area contributed by atoms with Gasteiger partial charge in [0.25, 0.3) is 0 Å². The molecule has 1 aliphatic heterocycles. The van der Waals surface area contributed by atoms with E-state index >= 15 is 0 Å². The highest BCUT2D eigenvalue weighted by Gasteiger charge is 2.39. The zero-order chi connectivity index (χ0) is 19.2. The van der Waals surface area contributed by atoms with E-state index in [0.29, 0.717) is 19.2 Å². The number of ether oxygens (including phenoxy) is 1. The predicted molar refractivity (Wildman–Crippen MR) is 109 cm³/mol. The first-order valence-electron chi connectivity index (χ1n) is 9.88. The highest BCUT2D eigenvalue weighted by Crippen LogP contribution is 2.32. The van der Waals surface area contributed by atoms with Crippen molar-refractivity contribution in [3.05, 3.63) is 71.8 Å². The average Bonchev–Trinajstić information content (AvgIpc) is 2.70. The highest BCUT2D eigenvalue weighted by molar-refractivity contribution is 5.76. The number of carbonyl (C=O) groups excluding carboxylic acids is 1. The van der Waals surface area contributed by atoms with Crippen molar-refractivity contribution in [3.63, 3.8) is 0 Å². The molecule has 0 aromatic heterocycles. The summed E-state index contributed by atoms with van der Waals surface area (Å²) in [5.41, 5.74) is 2.41. The van der Waals surface area contributed by atoms with Crippen LogP contribution in [0.2, 0.25) is 0 Å². The quantitative estimate of drug-likeness (QED) is 0.729. The van der Waals surface area contributed by atoms with Gasteiger partial charge in [-0.15, -0.1) is 0 Å². The SMILES string of the molecule is CCOC(=O)[C@@H]1CN(C(C)C)CCN1C(c1ccccc1)c1ccccc1. The molecule has 27 heavy (non-hydrogen) atoms. The normalized spacial score (nSPS) is 18.8. The second kappa shape index (κ2) is 9.16. The number of carbonyl (C=O) groups is 1. The maximum absolute atomic E-state index is 12.9. The van der Waals surface area contributed by atoms with Crippen molar-refractivity contribution in [1.29, 1.82) is 0 Å². The van der Waals surface area contributed by atoms with Crippen molar-refractivity contribution in [2.75, 3.05) is 26.2 Å². The second-order valence-electron chi connectivity index (χ2n) is 7.32. The van der Waals surface area contributed by atoms with Gasteiger partial charge in [-0.3, -0.25) is 14.6 Å². The van der Waals surface area contributed by atoms with Crippen LogP contribution in [0.1, 0.15) is 37.9 Å². The Bertz CT molecular complexity index is 678. The molecule has 1 aliphatic rings. The van der Waals surface area contributed by atoms with E-state index in [1.165, 1.54) is 11.1 Å². The van der Waals surface area contributed by atoms with Crippen LogP contribution in [-0.4, -0.2) is 54.1 Å². The fourth-order valence-electron chi connectivity index (χ4n) is 3.89. The van der Waals surface area contributed by atoms with Crippen LogP contribution in [0.4, 0.5) is 0 Å². The molecule has 1 fully saturated rings. The Morgan fingerprint density at radius 3 is 2.04 bits per heavy atom. The third kappa shape index (κ3) is 4.57. The lowest BCUT2D eigenvalue weighted by atomic mass is 9.94. The summed E-state index contributed by atoms with van der Waals surface area (Å²) in [5.74, 6) is -0.125. The molecular weight excluding hydrogens is 336 g/mol. The third-order valence-corrected chi connectivity index (χ3v) is 5.30. The van der Waals surface area contributed by atoms with Gasteiger partial charge in [0.1, 0.15) is 6.04 Å². The van der Waals surface area contributed by atoms with Crippen LogP contribution >= 0.6 is 0 Å². The van der Waals surface area contributed by atoms with E-state index in [1.54, 1.807) is 0 Å². The summed E-state index contributed by atoms with van der Waals surface area (Å²) in [7, 11) is 0. The molecule has 2 aromatic rings. The van der Waals surface area contributed by atoms with E-state index in [1.807, 2.05) is 19.1 Å². The molecule has 0 aliphatic carbocycles. The van der Waals surface area contributed by atoms with Gasteiger partial charge in [-0.05, 0) is 31.9 Å². The molecule has 144 valence electrons. The molecule has 0 unspecified atom stereocenters. The number of benzene rings is 2. The topological polar surface area (TPSA) is 32.8 Å². The van der Waals surface area contributed by atoms with Gasteiger partial charge in [0, 0.05) is 25.7 Å². The van der Waals surface area contributed by atoms with Crippen molar-refractivity contribution < 1.29 is 9.53 Å². The monoisotopic (exact) mass is 366 g/mol. The minimum Gasteiger partial charge on any atom is -0.465 e. The number of rotatable bonds is 6. The Balaban J connectivity index is 1.99. The Hall–Kier alpha value is -2.17. The zero-order valence-corrected chi connectivity index (χ0v) is 16.5. The first kappa shape index (κ1) is 19.6. The van der Waals surface area contributed by atoms with Crippen molar-refractivity contribution in [1.82, 2.24) is 9.80 Å². The number of piperazine rings is 1. The summed E-state index contributed by atoms with van der Waals surface area (Å²) in [6.07, 6.45) is 0. The molecule has 0 saturated carbocycles. The molecule has 4 nitrogen and oxygen atoms in total. The zero-order valence-electron chi connectivity index (χ0n) is 16.5. The Labute approximate surface area is 162 Å². The molecule has 0 N–H and O–H groups in total. The smallest absolute Gasteiger partial charge is 0.324 e. The minimum absolute atomic E-state index is 0.0381. The van der Waals surface area contributed by atoms with Crippen LogP contribution < -0.4 is 0 Å². The van der Waals surface area contributed by atoms with Crippen molar-refractivity contribution in [3.8, 4) is 0 Å². The maximum atomic E-state index is 12.9. The van der Waals surface area contributed by atoms with Gasteiger partial charge < -0.3 is 4.74 Å². The number of esters is 1. The van der Waals surface area contributed by atoms with Crippen LogP contribution in [-0.2, 0) is 9.53 Å². The van der Waals surface area contributed by atoms with Gasteiger partial charge in [-0.25, -0.2) is 0 Å². The predicted octanol–water partition coefficient (Wildman–Crippen LogP) is 3.73. The molecule has 1 saturated heterocycles. The lowest BCUT2D eigenvalue weighted by Gasteiger charge is -2.45. The Kier molecular flexibility index (Phi) is 6.64. The van der Waals surface area contributed by atoms with Crippen LogP contribution in [0.15, 0.2) is 60.7 Å². The van der Waals surface area contributed by atoms with Crippen LogP contribution in [0.25, 0.3) is 0 Å². The summed E-state index contributed by atoms with van der Waals surface area (Å²) in [6, 6.07) is 21.1. The molecule has 0 spiro atoms. The second-order valence-corrected chi connectivity index (χ2v) is 7.32. The minimum atomic E-state index is -0.272. The van der Waals surface area contributed by atoms with Crippen molar-refractivity contribution in [2.45, 2.75) is 38.9 Å². The van der Waals surface area contributed by atoms with Crippen molar-refractivity contribution >= 4 is 5.97 Å². The first-order chi connectivity index (χ1) is 13.1. The van der Waals surface area contributed by atoms with Crippen LogP contribution in [0.5, 0.6) is 0 Å². The van der Waals surface area contributed by atoms with Gasteiger partial charge in [0.05, 0.1) is 12.6 Å². The fraction of sp³-hybridized carbons (Fsp3) is 0.435. The molecule has 1 heterocycles. The lowest BCUT2D eigenvalue weighted by Crippen LogP contribution is -2.59. The van der Waals surface area contributed by atoms with Gasteiger partial charge in [-0.1, -0.05) is 60.7 Å². The van der Waals surface area contributed by atoms with Gasteiger partial charge >= 0.3 is 5.97 Å². The van der Waals surface area contributed by atoms with E-state index in [-0.39, 0.29) is 18.1 Å². The average molecular weight is 367 g/mol. The van der Waals surface area contributed by atoms with Crippen LogP contribution in [0, 0.1) is 0 Å². The fourth-order valence-corrected chi connectivity index (χ4v) is 3.89. The molecule has 0 radical (unpaired) electrons. The van der Waals surface area contributed by atoms with E-state index in [9.17, 15) is 4.79 Å². The van der Waals surface area contributed by atoms with E-state index in [4.69, 9.17) is 4.74 Å². The number of hydrogen-bond acceptors (Lipinski definition) is 4. The largest absolute Gasteiger partial charge is 0.465 e. The van der Waals surface area contributed by atoms with Crippen molar-refractivity contribution in [2.24, 2.45) is 0 Å². The Morgan fingerprint density at radius 1 is 1.00 bits per heavy atom. The first-order valence-corrected chi connectivity index (χ1v) is 9.88. The molecule has 4 heteroatoms. The number of nitrogens with zero attached hydrogens (tertiary/aromatic N) is 2. The standard InChI is InChI=1S/C23H30N2O2/c1-4-27-23(26)21-17-24(18(2)3)15-16-25(21)22(19-11-7-5-8-12-19)20-13-9-6-10-14-20/h5-14,18,21-22H,4,15-17H2,1-3H3/t21-/m0/s1. The molecule has 0 amide bonds. The summed E-state index contributed by atoms with van der Waals surface area (Å²) >= 11 is 0. The molecule has 2 aromatic carbocycles. The molecule has 0 bridgehead atoms. The summed E-state index contributed by atoms with van der Waals surface area (Å²) in [4.78, 5) is 17.5. The summed E-state index contributed by atoms with van der Waals surface area (Å²) in [5, 5.41) is 0. The molecular formula is C23H30N2O2. The van der Waals surface area contributed by atoms with Gasteiger partial charge in [-0.2, -0.15) is 0 Å². The highest BCUT2D eigenvalue weighted by atomic mass is 16.5. The molecule has 1 atom stereocenters. The lowest BCUT2D eigenvalue weighted by molar-refractivity contribution is -0.153. The molecule has 3 rings (SSSR count). The maximum Gasteiger partial charge on any atom is 0.324 e. The van der Waals surface area contributed by atoms with E-state index < -0.39 is 0 Å². The van der Waals surface area contributed by atoms with Gasteiger partial charge in [0.15, 0.2) is 0 Å².